The molecule has 0 unspecified atom stereocenters. The molecular weight excluding hydrogens is 310 g/mol. The van der Waals surface area contributed by atoms with Gasteiger partial charge in [0.1, 0.15) is 0 Å². The second-order valence-corrected chi connectivity index (χ2v) is 5.16. The van der Waals surface area contributed by atoms with Gasteiger partial charge in [-0.25, -0.2) is 4.79 Å². The lowest BCUT2D eigenvalue weighted by Crippen LogP contribution is -2.31. The quantitative estimate of drug-likeness (QED) is 0.816. The standard InChI is InChI=1S/C18H19NO5/c1-12(13-6-4-3-5-7-13)19-17(20)11-24-15-9-8-14(18(21)22)10-16(15)23-2/h3-10,12H,11H2,1-2H3,(H,19,20)(H,21,22)/t12-/m1/s1. The molecule has 126 valence electrons. The van der Waals surface area contributed by atoms with Crippen molar-refractivity contribution >= 4 is 11.9 Å². The number of carbonyl (C=O) groups is 2. The minimum atomic E-state index is -1.06. The first-order valence-corrected chi connectivity index (χ1v) is 7.39. The number of amides is 1. The Morgan fingerprint density at radius 1 is 1.12 bits per heavy atom. The van der Waals surface area contributed by atoms with E-state index in [1.54, 1.807) is 0 Å². The third-order valence-electron chi connectivity index (χ3n) is 3.45. The van der Waals surface area contributed by atoms with Crippen LogP contribution in [0.2, 0.25) is 0 Å². The van der Waals surface area contributed by atoms with E-state index in [0.29, 0.717) is 5.75 Å². The summed E-state index contributed by atoms with van der Waals surface area (Å²) < 4.78 is 10.5. The predicted octanol–water partition coefficient (Wildman–Crippen LogP) is 2.65. The van der Waals surface area contributed by atoms with Gasteiger partial charge in [-0.3, -0.25) is 4.79 Å². The van der Waals surface area contributed by atoms with Crippen LogP contribution >= 0.6 is 0 Å². The normalized spacial score (nSPS) is 11.4. The van der Waals surface area contributed by atoms with Gasteiger partial charge in [-0.15, -0.1) is 0 Å². The fourth-order valence-corrected chi connectivity index (χ4v) is 2.17. The predicted molar refractivity (Wildman–Crippen MR) is 88.4 cm³/mol. The zero-order valence-electron chi connectivity index (χ0n) is 13.5. The molecule has 0 saturated carbocycles. The summed E-state index contributed by atoms with van der Waals surface area (Å²) in [5, 5.41) is 11.8. The van der Waals surface area contributed by atoms with Crippen LogP contribution in [0.5, 0.6) is 11.5 Å². The van der Waals surface area contributed by atoms with Crippen LogP contribution in [0.15, 0.2) is 48.5 Å². The molecule has 6 nitrogen and oxygen atoms in total. The Morgan fingerprint density at radius 2 is 1.83 bits per heavy atom. The van der Waals surface area contributed by atoms with Crippen LogP contribution in [0, 0.1) is 0 Å². The fraction of sp³-hybridized carbons (Fsp3) is 0.222. The van der Waals surface area contributed by atoms with Crippen LogP contribution in [-0.2, 0) is 4.79 Å². The number of aromatic carboxylic acids is 1. The zero-order chi connectivity index (χ0) is 17.5. The summed E-state index contributed by atoms with van der Waals surface area (Å²) in [4.78, 5) is 22.9. The Bertz CT molecular complexity index is 715. The molecule has 24 heavy (non-hydrogen) atoms. The molecular formula is C18H19NO5. The summed E-state index contributed by atoms with van der Waals surface area (Å²) in [6.07, 6.45) is 0. The molecule has 2 aromatic rings. The Morgan fingerprint density at radius 3 is 2.46 bits per heavy atom. The summed E-state index contributed by atoms with van der Waals surface area (Å²) in [5.41, 5.74) is 1.08. The molecule has 6 heteroatoms. The molecule has 0 bridgehead atoms. The average molecular weight is 329 g/mol. The Labute approximate surface area is 140 Å². The van der Waals surface area contributed by atoms with Crippen LogP contribution in [0.25, 0.3) is 0 Å². The zero-order valence-corrected chi connectivity index (χ0v) is 13.5. The van der Waals surface area contributed by atoms with Crippen LogP contribution < -0.4 is 14.8 Å². The summed E-state index contributed by atoms with van der Waals surface area (Å²) in [7, 11) is 1.41. The number of rotatable bonds is 7. The highest BCUT2D eigenvalue weighted by molar-refractivity contribution is 5.88. The monoisotopic (exact) mass is 329 g/mol. The van der Waals surface area contributed by atoms with Gasteiger partial charge in [-0.1, -0.05) is 30.3 Å². The van der Waals surface area contributed by atoms with E-state index in [2.05, 4.69) is 5.32 Å². The summed E-state index contributed by atoms with van der Waals surface area (Å²) in [6.45, 7) is 1.69. The van der Waals surface area contributed by atoms with E-state index < -0.39 is 5.97 Å². The molecule has 2 N–H and O–H groups in total. The third-order valence-corrected chi connectivity index (χ3v) is 3.45. The van der Waals surface area contributed by atoms with Gasteiger partial charge < -0.3 is 19.9 Å². The molecule has 2 rings (SSSR count). The van der Waals surface area contributed by atoms with Gasteiger partial charge in [0.05, 0.1) is 18.7 Å². The van der Waals surface area contributed by atoms with Crippen LogP contribution in [0.1, 0.15) is 28.9 Å². The number of methoxy groups -OCH3 is 1. The maximum absolute atomic E-state index is 12.0. The highest BCUT2D eigenvalue weighted by Crippen LogP contribution is 2.28. The number of nitrogens with one attached hydrogen (secondary N) is 1. The van der Waals surface area contributed by atoms with Crippen LogP contribution in [0.3, 0.4) is 0 Å². The summed E-state index contributed by atoms with van der Waals surface area (Å²) >= 11 is 0. The minimum Gasteiger partial charge on any atom is -0.493 e. The SMILES string of the molecule is COc1cc(C(=O)O)ccc1OCC(=O)N[C@H](C)c1ccccc1. The van der Waals surface area contributed by atoms with E-state index in [1.807, 2.05) is 37.3 Å². The van der Waals surface area contributed by atoms with Crippen molar-refractivity contribution in [3.63, 3.8) is 0 Å². The van der Waals surface area contributed by atoms with Crippen molar-refractivity contribution in [2.45, 2.75) is 13.0 Å². The van der Waals surface area contributed by atoms with Crippen LogP contribution in [-0.4, -0.2) is 30.7 Å². The average Bonchev–Trinajstić information content (AvgIpc) is 2.60. The van der Waals surface area contributed by atoms with E-state index in [-0.39, 0.29) is 29.9 Å². The third kappa shape index (κ3) is 4.49. The number of carbonyl (C=O) groups excluding carboxylic acids is 1. The van der Waals surface area contributed by atoms with E-state index in [1.165, 1.54) is 25.3 Å². The lowest BCUT2D eigenvalue weighted by molar-refractivity contribution is -0.123. The smallest absolute Gasteiger partial charge is 0.335 e. The second kappa shape index (κ2) is 8.01. The van der Waals surface area contributed by atoms with E-state index in [4.69, 9.17) is 14.6 Å². The number of carboxylic acid groups (broad SMARTS) is 1. The van der Waals surface area contributed by atoms with E-state index >= 15 is 0 Å². The number of carboxylic acids is 1. The maximum Gasteiger partial charge on any atom is 0.335 e. The van der Waals surface area contributed by atoms with E-state index in [0.717, 1.165) is 5.56 Å². The number of hydrogen-bond acceptors (Lipinski definition) is 4. The van der Waals surface area contributed by atoms with E-state index in [9.17, 15) is 9.59 Å². The molecule has 0 heterocycles. The first-order chi connectivity index (χ1) is 11.5. The second-order valence-electron chi connectivity index (χ2n) is 5.16. The van der Waals surface area contributed by atoms with Crippen molar-refractivity contribution in [2.24, 2.45) is 0 Å². The Kier molecular flexibility index (Phi) is 5.78. The fourth-order valence-electron chi connectivity index (χ4n) is 2.17. The lowest BCUT2D eigenvalue weighted by atomic mass is 10.1. The van der Waals surface area contributed by atoms with Crippen molar-refractivity contribution in [2.75, 3.05) is 13.7 Å². The molecule has 0 spiro atoms. The molecule has 0 aliphatic carbocycles. The number of ether oxygens (including phenoxy) is 2. The first kappa shape index (κ1) is 17.3. The largest absolute Gasteiger partial charge is 0.493 e. The van der Waals surface area contributed by atoms with Gasteiger partial charge in [0.25, 0.3) is 5.91 Å². The number of hydrogen-bond donors (Lipinski definition) is 2. The molecule has 0 saturated heterocycles. The number of benzene rings is 2. The molecule has 0 fully saturated rings. The Hall–Kier alpha value is -3.02. The molecule has 0 aromatic heterocycles. The summed E-state index contributed by atoms with van der Waals surface area (Å²) in [6, 6.07) is 13.7. The van der Waals surface area contributed by atoms with Crippen molar-refractivity contribution in [1.29, 1.82) is 0 Å². The highest BCUT2D eigenvalue weighted by Gasteiger charge is 2.13. The minimum absolute atomic E-state index is 0.0846. The topological polar surface area (TPSA) is 84.9 Å². The first-order valence-electron chi connectivity index (χ1n) is 7.39. The molecule has 2 aromatic carbocycles. The van der Waals surface area contributed by atoms with Crippen molar-refractivity contribution < 1.29 is 24.2 Å². The van der Waals surface area contributed by atoms with Crippen LogP contribution in [0.4, 0.5) is 0 Å². The van der Waals surface area contributed by atoms with Gasteiger partial charge in [-0.05, 0) is 30.7 Å². The molecule has 1 atom stereocenters. The highest BCUT2D eigenvalue weighted by atomic mass is 16.5. The molecule has 0 aliphatic heterocycles. The van der Waals surface area contributed by atoms with Gasteiger partial charge in [0, 0.05) is 0 Å². The maximum atomic E-state index is 12.0. The van der Waals surface area contributed by atoms with Crippen molar-refractivity contribution in [3.05, 3.63) is 59.7 Å². The van der Waals surface area contributed by atoms with Crippen molar-refractivity contribution in [3.8, 4) is 11.5 Å². The van der Waals surface area contributed by atoms with Gasteiger partial charge in [0.15, 0.2) is 18.1 Å². The van der Waals surface area contributed by atoms with Gasteiger partial charge >= 0.3 is 5.97 Å². The Balaban J connectivity index is 1.95. The molecule has 0 radical (unpaired) electrons. The summed E-state index contributed by atoms with van der Waals surface area (Å²) in [5.74, 6) is -0.770. The molecule has 0 aliphatic rings. The van der Waals surface area contributed by atoms with Gasteiger partial charge in [0.2, 0.25) is 0 Å². The molecule has 1 amide bonds. The van der Waals surface area contributed by atoms with Crippen molar-refractivity contribution in [1.82, 2.24) is 5.32 Å². The lowest BCUT2D eigenvalue weighted by Gasteiger charge is -2.15. The van der Waals surface area contributed by atoms with Gasteiger partial charge in [-0.2, -0.15) is 0 Å².